The summed E-state index contributed by atoms with van der Waals surface area (Å²) in [5.74, 6) is -1.73. The number of hydrogen-bond acceptors (Lipinski definition) is 4. The van der Waals surface area contributed by atoms with E-state index in [0.717, 1.165) is 18.0 Å². The minimum absolute atomic E-state index is 0.157. The average molecular weight is 264 g/mol. The summed E-state index contributed by atoms with van der Waals surface area (Å²) in [6, 6.07) is 2.82. The normalized spacial score (nSPS) is 10.4. The van der Waals surface area contributed by atoms with Gasteiger partial charge < -0.3 is 10.4 Å². The lowest BCUT2D eigenvalue weighted by atomic mass is 10.2. The zero-order chi connectivity index (χ0) is 13.8. The van der Waals surface area contributed by atoms with Crippen LogP contribution in [0.1, 0.15) is 16.1 Å². The summed E-state index contributed by atoms with van der Waals surface area (Å²) < 4.78 is 14.6. The number of nitrogens with zero attached hydrogens (tertiary/aromatic N) is 3. The number of halogens is 1. The number of aromatic carboxylic acids is 1. The van der Waals surface area contributed by atoms with Gasteiger partial charge in [0.05, 0.1) is 11.9 Å². The maximum Gasteiger partial charge on any atom is 0.339 e. The van der Waals surface area contributed by atoms with Crippen molar-refractivity contribution < 1.29 is 14.3 Å². The van der Waals surface area contributed by atoms with E-state index in [2.05, 4.69) is 15.4 Å². The van der Waals surface area contributed by atoms with Crippen molar-refractivity contribution in [2.45, 2.75) is 6.42 Å². The first-order valence-corrected chi connectivity index (χ1v) is 5.67. The highest BCUT2D eigenvalue weighted by Crippen LogP contribution is 2.13. The van der Waals surface area contributed by atoms with Crippen LogP contribution in [-0.2, 0) is 13.5 Å². The van der Waals surface area contributed by atoms with Crippen LogP contribution in [0.3, 0.4) is 0 Å². The first-order valence-electron chi connectivity index (χ1n) is 5.67. The Kier molecular flexibility index (Phi) is 3.74. The lowest BCUT2D eigenvalue weighted by molar-refractivity contribution is 0.0697. The monoisotopic (exact) mass is 264 g/mol. The van der Waals surface area contributed by atoms with Crippen molar-refractivity contribution in [3.05, 3.63) is 41.6 Å². The fourth-order valence-electron chi connectivity index (χ4n) is 1.65. The van der Waals surface area contributed by atoms with E-state index in [-0.39, 0.29) is 11.4 Å². The molecule has 0 saturated carbocycles. The van der Waals surface area contributed by atoms with Crippen molar-refractivity contribution in [3.8, 4) is 0 Å². The molecule has 2 N–H and O–H groups in total. The van der Waals surface area contributed by atoms with E-state index in [0.29, 0.717) is 13.0 Å². The van der Waals surface area contributed by atoms with Gasteiger partial charge in [0.1, 0.15) is 17.2 Å². The molecule has 2 rings (SSSR count). The molecule has 0 radical (unpaired) electrons. The largest absolute Gasteiger partial charge is 0.478 e. The summed E-state index contributed by atoms with van der Waals surface area (Å²) in [6.07, 6.45) is 3.43. The summed E-state index contributed by atoms with van der Waals surface area (Å²) >= 11 is 0. The van der Waals surface area contributed by atoms with Gasteiger partial charge in [0, 0.05) is 26.2 Å². The summed E-state index contributed by atoms with van der Waals surface area (Å²) in [5, 5.41) is 16.0. The van der Waals surface area contributed by atoms with Crippen LogP contribution in [0.2, 0.25) is 0 Å². The minimum atomic E-state index is -1.22. The van der Waals surface area contributed by atoms with Crippen LogP contribution in [0.15, 0.2) is 24.5 Å². The number of aromatic nitrogens is 3. The van der Waals surface area contributed by atoms with Crippen molar-refractivity contribution in [2.75, 3.05) is 11.9 Å². The molecule has 0 unspecified atom stereocenters. The van der Waals surface area contributed by atoms with Crippen LogP contribution in [0.5, 0.6) is 0 Å². The Morgan fingerprint density at radius 3 is 3.00 bits per heavy atom. The minimum Gasteiger partial charge on any atom is -0.478 e. The Balaban J connectivity index is 2.01. The van der Waals surface area contributed by atoms with Gasteiger partial charge in [0.2, 0.25) is 0 Å². The molecule has 100 valence electrons. The maximum atomic E-state index is 12.9. The smallest absolute Gasteiger partial charge is 0.339 e. The van der Waals surface area contributed by atoms with Crippen molar-refractivity contribution in [3.63, 3.8) is 0 Å². The number of hydrogen-bond donors (Lipinski definition) is 2. The Morgan fingerprint density at radius 1 is 1.58 bits per heavy atom. The number of carboxylic acids is 1. The molecular formula is C12H13FN4O2. The highest BCUT2D eigenvalue weighted by Gasteiger charge is 2.12. The van der Waals surface area contributed by atoms with Crippen molar-refractivity contribution in [1.29, 1.82) is 0 Å². The van der Waals surface area contributed by atoms with Crippen molar-refractivity contribution in [1.82, 2.24) is 14.8 Å². The van der Waals surface area contributed by atoms with E-state index in [4.69, 9.17) is 5.11 Å². The van der Waals surface area contributed by atoms with Gasteiger partial charge in [0.15, 0.2) is 0 Å². The predicted octanol–water partition coefficient (Wildman–Crippen LogP) is 1.31. The van der Waals surface area contributed by atoms with Gasteiger partial charge in [-0.2, -0.15) is 5.10 Å². The first-order chi connectivity index (χ1) is 9.06. The molecular weight excluding hydrogens is 251 g/mol. The van der Waals surface area contributed by atoms with Crippen LogP contribution in [0.4, 0.5) is 10.2 Å². The van der Waals surface area contributed by atoms with Crippen LogP contribution in [0, 0.1) is 5.82 Å². The molecule has 0 atom stereocenters. The molecule has 0 aliphatic rings. The third-order valence-corrected chi connectivity index (χ3v) is 2.53. The molecule has 2 heterocycles. The second-order valence-corrected chi connectivity index (χ2v) is 4.01. The van der Waals surface area contributed by atoms with E-state index >= 15 is 0 Å². The summed E-state index contributed by atoms with van der Waals surface area (Å²) in [6.45, 7) is 0.468. The highest BCUT2D eigenvalue weighted by molar-refractivity contribution is 5.93. The standard InChI is InChI=1S/C12H13FN4O2/c1-17-5-3-9(16-17)2-4-14-11-10(12(18)19)6-8(13)7-15-11/h3,5-7H,2,4H2,1H3,(H,14,15)(H,18,19). The molecule has 0 spiro atoms. The highest BCUT2D eigenvalue weighted by atomic mass is 19.1. The van der Waals surface area contributed by atoms with Crippen LogP contribution in [0.25, 0.3) is 0 Å². The molecule has 0 aliphatic carbocycles. The average Bonchev–Trinajstić information content (AvgIpc) is 2.77. The van der Waals surface area contributed by atoms with Gasteiger partial charge in [-0.1, -0.05) is 0 Å². The fourth-order valence-corrected chi connectivity index (χ4v) is 1.65. The van der Waals surface area contributed by atoms with E-state index in [1.54, 1.807) is 4.68 Å². The van der Waals surface area contributed by atoms with Gasteiger partial charge >= 0.3 is 5.97 Å². The first kappa shape index (κ1) is 13.0. The fraction of sp³-hybridized carbons (Fsp3) is 0.250. The molecule has 19 heavy (non-hydrogen) atoms. The summed E-state index contributed by atoms with van der Waals surface area (Å²) in [5.41, 5.74) is 0.704. The Bertz CT molecular complexity index is 597. The number of rotatable bonds is 5. The van der Waals surface area contributed by atoms with Crippen molar-refractivity contribution >= 4 is 11.8 Å². The number of nitrogens with one attached hydrogen (secondary N) is 1. The van der Waals surface area contributed by atoms with Crippen LogP contribution in [-0.4, -0.2) is 32.4 Å². The molecule has 0 saturated heterocycles. The maximum absolute atomic E-state index is 12.9. The summed E-state index contributed by atoms with van der Waals surface area (Å²) in [4.78, 5) is 14.7. The number of carbonyl (C=O) groups is 1. The molecule has 0 bridgehead atoms. The van der Waals surface area contributed by atoms with Crippen LogP contribution >= 0.6 is 0 Å². The van der Waals surface area contributed by atoms with E-state index < -0.39 is 11.8 Å². The number of pyridine rings is 1. The zero-order valence-corrected chi connectivity index (χ0v) is 10.3. The molecule has 0 amide bonds. The topological polar surface area (TPSA) is 80.0 Å². The SMILES string of the molecule is Cn1ccc(CCNc2ncc(F)cc2C(=O)O)n1. The predicted molar refractivity (Wildman–Crippen MR) is 66.6 cm³/mol. The van der Waals surface area contributed by atoms with Gasteiger partial charge in [-0.3, -0.25) is 4.68 Å². The van der Waals surface area contributed by atoms with Gasteiger partial charge in [-0.05, 0) is 12.1 Å². The second kappa shape index (κ2) is 5.47. The third-order valence-electron chi connectivity index (χ3n) is 2.53. The quantitative estimate of drug-likeness (QED) is 0.851. The second-order valence-electron chi connectivity index (χ2n) is 4.01. The molecule has 0 aromatic carbocycles. The number of carboxylic acid groups (broad SMARTS) is 1. The Hall–Kier alpha value is -2.44. The van der Waals surface area contributed by atoms with Gasteiger partial charge in [-0.15, -0.1) is 0 Å². The molecule has 6 nitrogen and oxygen atoms in total. The third kappa shape index (κ3) is 3.27. The Labute approximate surface area is 108 Å². The number of anilines is 1. The molecule has 2 aromatic heterocycles. The molecule has 2 aromatic rings. The van der Waals surface area contributed by atoms with Crippen molar-refractivity contribution in [2.24, 2.45) is 7.05 Å². The van der Waals surface area contributed by atoms with Gasteiger partial charge in [0.25, 0.3) is 0 Å². The molecule has 7 heteroatoms. The van der Waals surface area contributed by atoms with E-state index in [1.165, 1.54) is 0 Å². The number of aryl methyl sites for hydroxylation is 1. The molecule has 0 aliphatic heterocycles. The van der Waals surface area contributed by atoms with Gasteiger partial charge in [-0.25, -0.2) is 14.2 Å². The molecule has 0 fully saturated rings. The van der Waals surface area contributed by atoms with Crippen LogP contribution < -0.4 is 5.32 Å². The Morgan fingerprint density at radius 2 is 2.37 bits per heavy atom. The lowest BCUT2D eigenvalue weighted by Crippen LogP contribution is -2.12. The lowest BCUT2D eigenvalue weighted by Gasteiger charge is -2.07. The zero-order valence-electron chi connectivity index (χ0n) is 10.3. The summed E-state index contributed by atoms with van der Waals surface area (Å²) in [7, 11) is 1.82. The van der Waals surface area contributed by atoms with E-state index in [9.17, 15) is 9.18 Å². The van der Waals surface area contributed by atoms with E-state index in [1.807, 2.05) is 19.3 Å².